The van der Waals surface area contributed by atoms with E-state index in [9.17, 15) is 22.8 Å². The lowest BCUT2D eigenvalue weighted by molar-refractivity contribution is -0.141. The number of anilines is 2. The summed E-state index contributed by atoms with van der Waals surface area (Å²) in [7, 11) is 0. The Bertz CT molecular complexity index is 838. The van der Waals surface area contributed by atoms with Gasteiger partial charge in [-0.3, -0.25) is 9.59 Å². The molecule has 0 radical (unpaired) electrons. The van der Waals surface area contributed by atoms with Crippen LogP contribution in [0.3, 0.4) is 0 Å². The molecule has 0 atom stereocenters. The first-order valence-electron chi connectivity index (χ1n) is 7.01. The highest BCUT2D eigenvalue weighted by Crippen LogP contribution is 2.29. The van der Waals surface area contributed by atoms with Gasteiger partial charge in [0.1, 0.15) is 5.69 Å². The van der Waals surface area contributed by atoms with Crippen molar-refractivity contribution in [1.29, 1.82) is 0 Å². The van der Waals surface area contributed by atoms with Crippen molar-refractivity contribution in [3.05, 3.63) is 51.8 Å². The van der Waals surface area contributed by atoms with Crippen LogP contribution < -0.4 is 10.6 Å². The van der Waals surface area contributed by atoms with Crippen molar-refractivity contribution in [2.75, 3.05) is 10.6 Å². The van der Waals surface area contributed by atoms with E-state index in [-0.39, 0.29) is 17.2 Å². The first kappa shape index (κ1) is 18.9. The van der Waals surface area contributed by atoms with Crippen LogP contribution in [0, 0.1) is 6.92 Å². The molecule has 132 valence electrons. The number of hydrogen-bond donors (Lipinski definition) is 2. The lowest BCUT2D eigenvalue weighted by Crippen LogP contribution is -2.18. The van der Waals surface area contributed by atoms with Crippen LogP contribution in [0.1, 0.15) is 28.7 Å². The van der Waals surface area contributed by atoms with Gasteiger partial charge in [0.05, 0.1) is 22.6 Å². The molecule has 9 heteroatoms. The molecule has 0 saturated carbocycles. The minimum absolute atomic E-state index is 0.00162. The standard InChI is InChI=1S/C16H13BrF3N3O2/c1-8-11(4-6-14(21-8)16(18,19)20)15(25)23-13-7-10(17)3-5-12(13)22-9(2)24/h3-7H,1-2H3,(H,22,24)(H,23,25). The molecule has 0 aliphatic heterocycles. The SMILES string of the molecule is CC(=O)Nc1ccc(Br)cc1NC(=O)c1ccc(C(F)(F)F)nc1C. The van der Waals surface area contributed by atoms with E-state index >= 15 is 0 Å². The lowest BCUT2D eigenvalue weighted by atomic mass is 10.1. The molecule has 25 heavy (non-hydrogen) atoms. The third kappa shape index (κ3) is 4.79. The number of aromatic nitrogens is 1. The molecule has 0 spiro atoms. The molecule has 2 aromatic rings. The summed E-state index contributed by atoms with van der Waals surface area (Å²) in [5.41, 5.74) is -0.455. The first-order valence-corrected chi connectivity index (χ1v) is 7.80. The third-order valence-corrected chi connectivity index (χ3v) is 3.65. The van der Waals surface area contributed by atoms with Crippen LogP contribution in [0.2, 0.25) is 0 Å². The molecule has 0 bridgehead atoms. The zero-order valence-electron chi connectivity index (χ0n) is 13.2. The van der Waals surface area contributed by atoms with Gasteiger partial charge in [-0.05, 0) is 37.3 Å². The van der Waals surface area contributed by atoms with Crippen LogP contribution in [0.25, 0.3) is 0 Å². The molecule has 2 amide bonds. The van der Waals surface area contributed by atoms with Crippen molar-refractivity contribution in [3.8, 4) is 0 Å². The Morgan fingerprint density at radius 2 is 1.76 bits per heavy atom. The Morgan fingerprint density at radius 3 is 2.32 bits per heavy atom. The number of hydrogen-bond acceptors (Lipinski definition) is 3. The number of nitrogens with one attached hydrogen (secondary N) is 2. The Hall–Kier alpha value is -2.42. The number of aryl methyl sites for hydroxylation is 1. The molecule has 5 nitrogen and oxygen atoms in total. The quantitative estimate of drug-likeness (QED) is 0.780. The summed E-state index contributed by atoms with van der Waals surface area (Å²) in [5.74, 6) is -0.964. The molecular weight excluding hydrogens is 403 g/mol. The maximum Gasteiger partial charge on any atom is 0.433 e. The van der Waals surface area contributed by atoms with E-state index in [4.69, 9.17) is 0 Å². The molecule has 1 heterocycles. The van der Waals surface area contributed by atoms with Crippen LogP contribution >= 0.6 is 15.9 Å². The molecule has 1 aromatic heterocycles. The van der Waals surface area contributed by atoms with Gasteiger partial charge in [0, 0.05) is 11.4 Å². The number of rotatable bonds is 3. The zero-order valence-corrected chi connectivity index (χ0v) is 14.7. The maximum atomic E-state index is 12.7. The Balaban J connectivity index is 2.31. The molecule has 0 aliphatic rings. The molecule has 2 N–H and O–H groups in total. The van der Waals surface area contributed by atoms with Gasteiger partial charge in [0.25, 0.3) is 5.91 Å². The maximum absolute atomic E-state index is 12.7. The van der Waals surface area contributed by atoms with E-state index < -0.39 is 17.8 Å². The van der Waals surface area contributed by atoms with Crippen molar-refractivity contribution in [3.63, 3.8) is 0 Å². The summed E-state index contributed by atoms with van der Waals surface area (Å²) in [6.45, 7) is 2.64. The van der Waals surface area contributed by atoms with Crippen LogP contribution in [0.5, 0.6) is 0 Å². The van der Waals surface area contributed by atoms with Gasteiger partial charge >= 0.3 is 6.18 Å². The highest BCUT2D eigenvalue weighted by molar-refractivity contribution is 9.10. The van der Waals surface area contributed by atoms with Crippen LogP contribution in [0.4, 0.5) is 24.5 Å². The number of nitrogens with zero attached hydrogens (tertiary/aromatic N) is 1. The molecule has 0 aliphatic carbocycles. The molecular formula is C16H13BrF3N3O2. The predicted octanol–water partition coefficient (Wildman–Crippen LogP) is 4.38. The highest BCUT2D eigenvalue weighted by Gasteiger charge is 2.33. The number of benzene rings is 1. The normalized spacial score (nSPS) is 11.1. The fourth-order valence-electron chi connectivity index (χ4n) is 2.07. The topological polar surface area (TPSA) is 71.1 Å². The average Bonchev–Trinajstić information content (AvgIpc) is 2.48. The third-order valence-electron chi connectivity index (χ3n) is 3.16. The Kier molecular flexibility index (Phi) is 5.46. The number of alkyl halides is 3. The van der Waals surface area contributed by atoms with Gasteiger partial charge in [0.2, 0.25) is 5.91 Å². The van der Waals surface area contributed by atoms with E-state index in [1.807, 2.05) is 0 Å². The molecule has 0 fully saturated rings. The van der Waals surface area contributed by atoms with Crippen LogP contribution in [0.15, 0.2) is 34.8 Å². The second kappa shape index (κ2) is 7.22. The molecule has 0 saturated heterocycles. The van der Waals surface area contributed by atoms with E-state index in [1.165, 1.54) is 13.8 Å². The van der Waals surface area contributed by atoms with Crippen LogP contribution in [-0.4, -0.2) is 16.8 Å². The van der Waals surface area contributed by atoms with Gasteiger partial charge < -0.3 is 10.6 Å². The van der Waals surface area contributed by atoms with E-state index in [1.54, 1.807) is 18.2 Å². The monoisotopic (exact) mass is 415 g/mol. The number of halogens is 4. The van der Waals surface area contributed by atoms with Crippen molar-refractivity contribution in [1.82, 2.24) is 4.98 Å². The van der Waals surface area contributed by atoms with Gasteiger partial charge in [-0.15, -0.1) is 0 Å². The number of pyridine rings is 1. The Morgan fingerprint density at radius 1 is 1.08 bits per heavy atom. The number of amides is 2. The van der Waals surface area contributed by atoms with Gasteiger partial charge in [-0.1, -0.05) is 15.9 Å². The summed E-state index contributed by atoms with van der Waals surface area (Å²) in [6.07, 6.45) is -4.58. The minimum atomic E-state index is -4.58. The fourth-order valence-corrected chi connectivity index (χ4v) is 2.43. The highest BCUT2D eigenvalue weighted by atomic mass is 79.9. The summed E-state index contributed by atoms with van der Waals surface area (Å²) in [4.78, 5) is 27.1. The lowest BCUT2D eigenvalue weighted by Gasteiger charge is -2.14. The minimum Gasteiger partial charge on any atom is -0.325 e. The second-order valence-electron chi connectivity index (χ2n) is 5.15. The largest absolute Gasteiger partial charge is 0.433 e. The van der Waals surface area contributed by atoms with Crippen molar-refractivity contribution in [2.45, 2.75) is 20.0 Å². The predicted molar refractivity (Wildman–Crippen MR) is 90.4 cm³/mol. The number of carbonyl (C=O) groups excluding carboxylic acids is 2. The smallest absolute Gasteiger partial charge is 0.325 e. The summed E-state index contributed by atoms with van der Waals surface area (Å²) in [5, 5.41) is 5.13. The second-order valence-corrected chi connectivity index (χ2v) is 6.07. The number of carbonyl (C=O) groups is 2. The average molecular weight is 416 g/mol. The molecule has 2 rings (SSSR count). The van der Waals surface area contributed by atoms with E-state index in [2.05, 4.69) is 31.5 Å². The van der Waals surface area contributed by atoms with Gasteiger partial charge in [-0.2, -0.15) is 13.2 Å². The van der Waals surface area contributed by atoms with E-state index in [0.717, 1.165) is 12.1 Å². The summed E-state index contributed by atoms with van der Waals surface area (Å²) in [6, 6.07) is 6.63. The molecule has 1 aromatic carbocycles. The van der Waals surface area contributed by atoms with Crippen molar-refractivity contribution >= 4 is 39.1 Å². The zero-order chi connectivity index (χ0) is 18.8. The van der Waals surface area contributed by atoms with Gasteiger partial charge in [0.15, 0.2) is 0 Å². The Labute approximate surface area is 149 Å². The summed E-state index contributed by atoms with van der Waals surface area (Å²) >= 11 is 3.25. The molecule has 0 unspecified atom stereocenters. The van der Waals surface area contributed by atoms with E-state index in [0.29, 0.717) is 15.8 Å². The van der Waals surface area contributed by atoms with Gasteiger partial charge in [-0.25, -0.2) is 4.98 Å². The van der Waals surface area contributed by atoms with Crippen LogP contribution in [-0.2, 0) is 11.0 Å². The summed E-state index contributed by atoms with van der Waals surface area (Å²) < 4.78 is 38.6. The van der Waals surface area contributed by atoms with Crippen molar-refractivity contribution in [2.24, 2.45) is 0 Å². The first-order chi connectivity index (χ1) is 11.6. The fraction of sp³-hybridized carbons (Fsp3) is 0.188. The van der Waals surface area contributed by atoms with Crippen molar-refractivity contribution < 1.29 is 22.8 Å².